The maximum Gasteiger partial charge on any atom is 0.198 e. The predicted molar refractivity (Wildman–Crippen MR) is 129 cm³/mol. The Bertz CT molecular complexity index is 828. The molecule has 1 aliphatic heterocycles. The zero-order valence-electron chi connectivity index (χ0n) is 18.9. The van der Waals surface area contributed by atoms with E-state index < -0.39 is 0 Å². The van der Waals surface area contributed by atoms with E-state index in [2.05, 4.69) is 12.2 Å². The van der Waals surface area contributed by atoms with Crippen LogP contribution in [0, 0.1) is 0 Å². The van der Waals surface area contributed by atoms with Gasteiger partial charge in [-0.15, -0.1) is 0 Å². The second kappa shape index (κ2) is 13.0. The number of unbranched alkanes of at least 4 members (excludes halogenated alkanes) is 9. The van der Waals surface area contributed by atoms with Crippen LogP contribution in [0.2, 0.25) is 0 Å². The minimum Gasteiger partial charge on any atom is -0.480 e. The number of carbonyl (C=O) groups is 1. The fourth-order valence-corrected chi connectivity index (χ4v) is 4.14. The maximum absolute atomic E-state index is 13.1. The maximum atomic E-state index is 13.1. The van der Waals surface area contributed by atoms with E-state index >= 15 is 0 Å². The van der Waals surface area contributed by atoms with E-state index in [1.165, 1.54) is 57.8 Å². The summed E-state index contributed by atoms with van der Waals surface area (Å²) in [7, 11) is 0. The lowest BCUT2D eigenvalue weighted by molar-refractivity contribution is 0.0959. The van der Waals surface area contributed by atoms with Crippen molar-refractivity contribution in [3.63, 3.8) is 0 Å². The smallest absolute Gasteiger partial charge is 0.198 e. The zero-order valence-corrected chi connectivity index (χ0v) is 18.9. The second-order valence-electron chi connectivity index (χ2n) is 8.47. The van der Waals surface area contributed by atoms with Gasteiger partial charge in [0.05, 0.1) is 11.1 Å². The van der Waals surface area contributed by atoms with Gasteiger partial charge in [-0.1, -0.05) is 107 Å². The molecule has 1 atom stereocenters. The molecule has 1 aliphatic rings. The van der Waals surface area contributed by atoms with Crippen molar-refractivity contribution in [2.24, 2.45) is 0 Å². The molecule has 0 fully saturated rings. The Morgan fingerprint density at radius 1 is 0.806 bits per heavy atom. The largest absolute Gasteiger partial charge is 0.480 e. The molecule has 0 radical (unpaired) electrons. The van der Waals surface area contributed by atoms with Gasteiger partial charge in [0.25, 0.3) is 0 Å². The van der Waals surface area contributed by atoms with Crippen molar-refractivity contribution >= 4 is 5.78 Å². The van der Waals surface area contributed by atoms with Crippen LogP contribution in [0.3, 0.4) is 0 Å². The number of hydrogen-bond donors (Lipinski definition) is 1. The third kappa shape index (κ3) is 6.99. The van der Waals surface area contributed by atoms with Crippen molar-refractivity contribution in [2.75, 3.05) is 6.54 Å². The van der Waals surface area contributed by atoms with Crippen molar-refractivity contribution in [2.45, 2.75) is 77.2 Å². The van der Waals surface area contributed by atoms with E-state index in [0.29, 0.717) is 16.9 Å². The molecule has 0 saturated heterocycles. The number of para-hydroxylation sites is 1. The Labute approximate surface area is 187 Å². The Kier molecular flexibility index (Phi) is 9.69. The van der Waals surface area contributed by atoms with Crippen LogP contribution in [0.5, 0.6) is 5.75 Å². The van der Waals surface area contributed by atoms with Crippen molar-refractivity contribution in [1.29, 1.82) is 0 Å². The molecule has 2 aromatic carbocycles. The van der Waals surface area contributed by atoms with Gasteiger partial charge in [0.15, 0.2) is 11.9 Å². The van der Waals surface area contributed by atoms with Crippen molar-refractivity contribution < 1.29 is 9.53 Å². The molecule has 3 rings (SSSR count). The normalized spacial score (nSPS) is 16.7. The Morgan fingerprint density at radius 2 is 1.42 bits per heavy atom. The van der Waals surface area contributed by atoms with E-state index in [1.807, 2.05) is 60.8 Å². The summed E-state index contributed by atoms with van der Waals surface area (Å²) in [5, 5.41) is 3.38. The van der Waals surface area contributed by atoms with E-state index in [4.69, 9.17) is 4.74 Å². The van der Waals surface area contributed by atoms with Gasteiger partial charge in [0.2, 0.25) is 0 Å². The monoisotopic (exact) mass is 419 g/mol. The number of carbonyl (C=O) groups excluding carboxylic acids is 1. The fraction of sp³-hybridized carbons (Fsp3) is 0.464. The lowest BCUT2D eigenvalue weighted by atomic mass is 9.91. The minimum absolute atomic E-state index is 0.0475. The number of ketones is 1. The van der Waals surface area contributed by atoms with Gasteiger partial charge < -0.3 is 10.1 Å². The van der Waals surface area contributed by atoms with E-state index in [0.717, 1.165) is 18.5 Å². The fourth-order valence-electron chi connectivity index (χ4n) is 4.14. The third-order valence-electron chi connectivity index (χ3n) is 5.96. The van der Waals surface area contributed by atoms with Gasteiger partial charge in [-0.3, -0.25) is 4.79 Å². The molecule has 166 valence electrons. The quantitative estimate of drug-likeness (QED) is 0.271. The highest BCUT2D eigenvalue weighted by atomic mass is 16.5. The summed E-state index contributed by atoms with van der Waals surface area (Å²) in [5.74, 6) is 0.708. The molecular weight excluding hydrogens is 382 g/mol. The number of Topliss-reactive ketones (excluding diaryl/α,β-unsaturated/α-hetero) is 1. The van der Waals surface area contributed by atoms with Gasteiger partial charge in [-0.25, -0.2) is 0 Å². The Morgan fingerprint density at radius 3 is 2.13 bits per heavy atom. The number of ether oxygens (including phenoxy) is 1. The van der Waals surface area contributed by atoms with Crippen LogP contribution < -0.4 is 10.1 Å². The molecule has 0 aromatic heterocycles. The molecule has 3 nitrogen and oxygen atoms in total. The van der Waals surface area contributed by atoms with E-state index in [-0.39, 0.29) is 11.9 Å². The highest BCUT2D eigenvalue weighted by molar-refractivity contribution is 6.12. The van der Waals surface area contributed by atoms with Gasteiger partial charge in [0.1, 0.15) is 5.75 Å². The van der Waals surface area contributed by atoms with Gasteiger partial charge in [0, 0.05) is 12.7 Å². The first-order valence-corrected chi connectivity index (χ1v) is 12.1. The number of rotatable bonds is 13. The molecule has 0 saturated carbocycles. The number of nitrogens with one attached hydrogen (secondary N) is 1. The zero-order chi connectivity index (χ0) is 21.7. The molecule has 0 spiro atoms. The Hall–Kier alpha value is -2.55. The first kappa shape index (κ1) is 23.1. The summed E-state index contributed by atoms with van der Waals surface area (Å²) in [5.41, 5.74) is 2.32. The summed E-state index contributed by atoms with van der Waals surface area (Å²) in [6.07, 6.45) is 14.7. The van der Waals surface area contributed by atoms with Crippen molar-refractivity contribution in [1.82, 2.24) is 5.32 Å². The van der Waals surface area contributed by atoms with Crippen LogP contribution in [0.15, 0.2) is 66.4 Å². The van der Waals surface area contributed by atoms with Gasteiger partial charge in [-0.2, -0.15) is 0 Å². The number of benzene rings is 2. The summed E-state index contributed by atoms with van der Waals surface area (Å²) in [6, 6.07) is 17.5. The van der Waals surface area contributed by atoms with Crippen LogP contribution in [-0.4, -0.2) is 12.3 Å². The summed E-state index contributed by atoms with van der Waals surface area (Å²) in [4.78, 5) is 13.1. The molecule has 31 heavy (non-hydrogen) atoms. The summed E-state index contributed by atoms with van der Waals surface area (Å²) >= 11 is 0. The molecule has 1 heterocycles. The average Bonchev–Trinajstić information content (AvgIpc) is 2.81. The predicted octanol–water partition coefficient (Wildman–Crippen LogP) is 7.40. The SMILES string of the molecule is CCCCCCCCCCCCN/C=C1\C(=O)c2ccccc2OC1c1ccccc1. The molecule has 0 bridgehead atoms. The topological polar surface area (TPSA) is 38.3 Å². The summed E-state index contributed by atoms with van der Waals surface area (Å²) in [6.45, 7) is 3.15. The average molecular weight is 420 g/mol. The van der Waals surface area contributed by atoms with Crippen LogP contribution in [-0.2, 0) is 0 Å². The molecule has 1 N–H and O–H groups in total. The second-order valence-corrected chi connectivity index (χ2v) is 8.47. The first-order chi connectivity index (χ1) is 15.3. The van der Waals surface area contributed by atoms with Gasteiger partial charge >= 0.3 is 0 Å². The van der Waals surface area contributed by atoms with Crippen LogP contribution in [0.4, 0.5) is 0 Å². The highest BCUT2D eigenvalue weighted by Crippen LogP contribution is 2.37. The number of hydrogen-bond acceptors (Lipinski definition) is 3. The summed E-state index contributed by atoms with van der Waals surface area (Å²) < 4.78 is 6.23. The molecule has 3 heteroatoms. The lowest BCUT2D eigenvalue weighted by Crippen LogP contribution is -2.25. The molecule has 2 aromatic rings. The van der Waals surface area contributed by atoms with Crippen molar-refractivity contribution in [3.05, 3.63) is 77.5 Å². The first-order valence-electron chi connectivity index (χ1n) is 12.1. The lowest BCUT2D eigenvalue weighted by Gasteiger charge is -2.28. The molecule has 0 amide bonds. The van der Waals surface area contributed by atoms with Gasteiger partial charge in [-0.05, 0) is 24.1 Å². The van der Waals surface area contributed by atoms with Crippen LogP contribution >= 0.6 is 0 Å². The van der Waals surface area contributed by atoms with E-state index in [9.17, 15) is 4.79 Å². The standard InChI is InChI=1S/C28H37NO2/c1-2-3-4-5-6-7-8-9-10-16-21-29-22-25-27(30)24-19-14-15-20-26(24)31-28(25)23-17-12-11-13-18-23/h11-15,17-20,22,28-29H,2-10,16,21H2,1H3/b25-22+. The number of fused-ring (bicyclic) bond motifs is 1. The van der Waals surface area contributed by atoms with E-state index in [1.54, 1.807) is 0 Å². The third-order valence-corrected chi connectivity index (χ3v) is 5.96. The van der Waals surface area contributed by atoms with Crippen LogP contribution in [0.1, 0.15) is 93.2 Å². The Balaban J connectivity index is 1.47. The molecular formula is C28H37NO2. The van der Waals surface area contributed by atoms with Crippen LogP contribution in [0.25, 0.3) is 0 Å². The highest BCUT2D eigenvalue weighted by Gasteiger charge is 2.32. The molecule has 1 unspecified atom stereocenters. The van der Waals surface area contributed by atoms with Crippen molar-refractivity contribution in [3.8, 4) is 5.75 Å². The minimum atomic E-state index is -0.371. The molecule has 0 aliphatic carbocycles.